The minimum absolute atomic E-state index is 0.343. The molecule has 0 aromatic carbocycles. The second kappa shape index (κ2) is 14.6. The molecule has 22 heavy (non-hydrogen) atoms. The molecule has 0 aromatic rings. The zero-order valence-corrected chi connectivity index (χ0v) is 15.9. The van der Waals surface area contributed by atoms with Gasteiger partial charge in [0.15, 0.2) is 0 Å². The highest BCUT2D eigenvalue weighted by molar-refractivity contribution is 7.45. The van der Waals surface area contributed by atoms with E-state index in [-0.39, 0.29) is 0 Å². The van der Waals surface area contributed by atoms with Crippen molar-refractivity contribution in [1.82, 2.24) is 5.32 Å². The summed E-state index contributed by atoms with van der Waals surface area (Å²) in [7, 11) is -4.64. The highest BCUT2D eigenvalue weighted by Gasteiger charge is 2.14. The Morgan fingerprint density at radius 2 is 1.18 bits per heavy atom. The van der Waals surface area contributed by atoms with E-state index < -0.39 is 7.82 Å². The lowest BCUT2D eigenvalue weighted by atomic mass is 9.96. The van der Waals surface area contributed by atoms with Gasteiger partial charge >= 0.3 is 7.82 Å². The van der Waals surface area contributed by atoms with Crippen LogP contribution in [0.1, 0.15) is 91.9 Å². The molecule has 0 aromatic heterocycles. The Morgan fingerprint density at radius 3 is 1.55 bits per heavy atom. The van der Waals surface area contributed by atoms with Crippen molar-refractivity contribution in [3.63, 3.8) is 0 Å². The predicted octanol–water partition coefficient (Wildman–Crippen LogP) is 4.37. The molecule has 0 fully saturated rings. The fourth-order valence-electron chi connectivity index (χ4n) is 2.44. The normalized spacial score (nSPS) is 12.0. The van der Waals surface area contributed by atoms with Crippen LogP contribution in [0.5, 0.6) is 0 Å². The summed E-state index contributed by atoms with van der Waals surface area (Å²) >= 11 is 0. The summed E-state index contributed by atoms with van der Waals surface area (Å²) in [6.07, 6.45) is 14.2. The summed E-state index contributed by atoms with van der Waals surface area (Å²) in [6, 6.07) is 0. The fraction of sp³-hybridized carbons (Fsp3) is 1.00. The summed E-state index contributed by atoms with van der Waals surface area (Å²) in [5, 5.41) is 3.55. The summed E-state index contributed by atoms with van der Waals surface area (Å²) in [5.74, 6) is 0. The first-order valence-corrected chi connectivity index (χ1v) is 10.2. The Hall–Kier alpha value is 0.0700. The van der Waals surface area contributed by atoms with Gasteiger partial charge in [0.1, 0.15) is 0 Å². The lowest BCUT2D eigenvalue weighted by Crippen LogP contribution is -2.38. The van der Waals surface area contributed by atoms with Crippen molar-refractivity contribution in [3.8, 4) is 0 Å². The van der Waals surface area contributed by atoms with Crippen LogP contribution in [0.15, 0.2) is 0 Å². The second-order valence-electron chi connectivity index (χ2n) is 6.51. The Kier molecular flexibility index (Phi) is 16.2. The lowest BCUT2D eigenvalue weighted by Gasteiger charge is -2.25. The quantitative estimate of drug-likeness (QED) is 0.313. The van der Waals surface area contributed by atoms with Gasteiger partial charge in [0.2, 0.25) is 0 Å². The molecule has 0 aliphatic rings. The van der Waals surface area contributed by atoms with Gasteiger partial charge in [0, 0.05) is 5.54 Å². The predicted molar refractivity (Wildman–Crippen MR) is 93.9 cm³/mol. The molecule has 0 aliphatic carbocycles. The molecule has 0 aliphatic heterocycles. The highest BCUT2D eigenvalue weighted by atomic mass is 31.2. The monoisotopic (exact) mass is 339 g/mol. The maximum absolute atomic E-state index is 8.88. The highest BCUT2D eigenvalue weighted by Crippen LogP contribution is 2.25. The molecule has 0 bridgehead atoms. The van der Waals surface area contributed by atoms with Gasteiger partial charge in [-0.1, -0.05) is 71.6 Å². The molecule has 5 nitrogen and oxygen atoms in total. The first kappa shape index (κ1) is 24.3. The number of phosphoric acid groups is 1. The third-order valence-corrected chi connectivity index (χ3v) is 3.56. The summed E-state index contributed by atoms with van der Waals surface area (Å²) < 4.78 is 8.88. The maximum atomic E-state index is 8.88. The molecule has 0 spiro atoms. The van der Waals surface area contributed by atoms with E-state index in [0.717, 1.165) is 6.54 Å². The average Bonchev–Trinajstić information content (AvgIpc) is 2.34. The van der Waals surface area contributed by atoms with Gasteiger partial charge in [0.05, 0.1) is 0 Å². The number of unbranched alkanes of at least 4 members (excludes halogenated alkanes) is 8. The average molecular weight is 339 g/mol. The van der Waals surface area contributed by atoms with Gasteiger partial charge in [-0.2, -0.15) is 0 Å². The smallest absolute Gasteiger partial charge is 0.312 e. The molecule has 4 N–H and O–H groups in total. The third kappa shape index (κ3) is 28.3. The van der Waals surface area contributed by atoms with Crippen molar-refractivity contribution in [2.45, 2.75) is 97.4 Å². The number of rotatable bonds is 12. The Morgan fingerprint density at radius 1 is 0.818 bits per heavy atom. The van der Waals surface area contributed by atoms with E-state index in [1.54, 1.807) is 0 Å². The molecule has 0 atom stereocenters. The molecule has 136 valence electrons. The van der Waals surface area contributed by atoms with Gasteiger partial charge in [-0.3, -0.25) is 0 Å². The zero-order valence-electron chi connectivity index (χ0n) is 15.0. The second-order valence-corrected chi connectivity index (χ2v) is 7.53. The van der Waals surface area contributed by atoms with Gasteiger partial charge in [-0.25, -0.2) is 4.57 Å². The number of hydrogen-bond donors (Lipinski definition) is 4. The molecular weight excluding hydrogens is 301 g/mol. The summed E-state index contributed by atoms with van der Waals surface area (Å²) in [6.45, 7) is 10.2. The summed E-state index contributed by atoms with van der Waals surface area (Å²) in [4.78, 5) is 21.6. The minimum atomic E-state index is -4.64. The van der Waals surface area contributed by atoms with Crippen LogP contribution < -0.4 is 5.32 Å². The SMILES string of the molecule is CCCCCCCCCCCC(C)(C)NCC.O=P(O)(O)O. The largest absolute Gasteiger partial charge is 0.466 e. The van der Waals surface area contributed by atoms with Crippen LogP contribution in [0.4, 0.5) is 0 Å². The van der Waals surface area contributed by atoms with Gasteiger partial charge in [0.25, 0.3) is 0 Å². The standard InChI is InChI=1S/C16H35N.H3O4P/c1-5-7-8-9-10-11-12-13-14-15-16(3,4)17-6-2;1-5(2,3)4/h17H,5-15H2,1-4H3;(H3,1,2,3,4). The minimum Gasteiger partial charge on any atom is -0.312 e. The van der Waals surface area contributed by atoms with E-state index >= 15 is 0 Å². The Bertz CT molecular complexity index is 271. The molecule has 0 unspecified atom stereocenters. The zero-order chi connectivity index (χ0) is 17.5. The van der Waals surface area contributed by atoms with Crippen LogP contribution in [0.2, 0.25) is 0 Å². The van der Waals surface area contributed by atoms with Crippen LogP contribution in [0, 0.1) is 0 Å². The topological polar surface area (TPSA) is 89.8 Å². The van der Waals surface area contributed by atoms with E-state index in [1.165, 1.54) is 64.2 Å². The first-order chi connectivity index (χ1) is 10.1. The number of hydrogen-bond acceptors (Lipinski definition) is 2. The van der Waals surface area contributed by atoms with Crippen molar-refractivity contribution in [3.05, 3.63) is 0 Å². The molecule has 0 heterocycles. The Balaban J connectivity index is 0. The lowest BCUT2D eigenvalue weighted by molar-refractivity contribution is 0.275. The van der Waals surface area contributed by atoms with Crippen molar-refractivity contribution in [2.24, 2.45) is 0 Å². The summed E-state index contributed by atoms with van der Waals surface area (Å²) in [5.41, 5.74) is 0.343. The van der Waals surface area contributed by atoms with E-state index in [1.807, 2.05) is 0 Å². The van der Waals surface area contributed by atoms with Crippen LogP contribution in [-0.2, 0) is 4.57 Å². The van der Waals surface area contributed by atoms with Gasteiger partial charge in [-0.15, -0.1) is 0 Å². The van der Waals surface area contributed by atoms with E-state index in [9.17, 15) is 0 Å². The molecular formula is C16H38NO4P. The van der Waals surface area contributed by atoms with Crippen molar-refractivity contribution in [1.29, 1.82) is 0 Å². The van der Waals surface area contributed by atoms with Gasteiger partial charge < -0.3 is 20.0 Å². The molecule has 0 saturated carbocycles. The first-order valence-electron chi connectivity index (χ1n) is 8.65. The van der Waals surface area contributed by atoms with E-state index in [4.69, 9.17) is 19.2 Å². The van der Waals surface area contributed by atoms with Crippen molar-refractivity contribution < 1.29 is 19.2 Å². The Labute approximate surface area is 137 Å². The van der Waals surface area contributed by atoms with Crippen LogP contribution in [0.3, 0.4) is 0 Å². The van der Waals surface area contributed by atoms with E-state index in [2.05, 4.69) is 33.0 Å². The van der Waals surface area contributed by atoms with Crippen LogP contribution >= 0.6 is 7.82 Å². The molecule has 0 amide bonds. The molecule has 0 saturated heterocycles. The fourth-order valence-corrected chi connectivity index (χ4v) is 2.44. The third-order valence-electron chi connectivity index (χ3n) is 3.56. The van der Waals surface area contributed by atoms with E-state index in [0.29, 0.717) is 5.54 Å². The molecule has 0 rings (SSSR count). The van der Waals surface area contributed by atoms with Crippen LogP contribution in [0.25, 0.3) is 0 Å². The number of nitrogens with one attached hydrogen (secondary N) is 1. The van der Waals surface area contributed by atoms with Gasteiger partial charge in [-0.05, 0) is 26.8 Å². The molecule has 6 heteroatoms. The van der Waals surface area contributed by atoms with Crippen molar-refractivity contribution >= 4 is 7.82 Å². The van der Waals surface area contributed by atoms with Crippen molar-refractivity contribution in [2.75, 3.05) is 6.54 Å². The molecule has 0 radical (unpaired) electrons. The maximum Gasteiger partial charge on any atom is 0.466 e. The van der Waals surface area contributed by atoms with Crippen LogP contribution in [-0.4, -0.2) is 26.8 Å².